The molecule has 1 saturated heterocycles. The van der Waals surface area contributed by atoms with Gasteiger partial charge in [-0.05, 0) is 61.4 Å². The molecule has 0 amide bonds. The first kappa shape index (κ1) is 19.4. The van der Waals surface area contributed by atoms with Gasteiger partial charge in [0.25, 0.3) is 0 Å². The molecule has 5 rings (SSSR count). The molecule has 0 bridgehead atoms. The number of benzene rings is 1. The smallest absolute Gasteiger partial charge is 0.216 e. The van der Waals surface area contributed by atoms with E-state index in [2.05, 4.69) is 15.3 Å². The van der Waals surface area contributed by atoms with Gasteiger partial charge >= 0.3 is 0 Å². The first-order valence-corrected chi connectivity index (χ1v) is 11.8. The zero-order chi connectivity index (χ0) is 20.7. The lowest BCUT2D eigenvalue weighted by Gasteiger charge is -2.32. The van der Waals surface area contributed by atoms with Crippen molar-refractivity contribution < 1.29 is 12.8 Å². The molecule has 30 heavy (non-hydrogen) atoms. The van der Waals surface area contributed by atoms with E-state index in [0.29, 0.717) is 18.8 Å². The van der Waals surface area contributed by atoms with Gasteiger partial charge in [-0.2, -0.15) is 4.39 Å². The Morgan fingerprint density at radius 1 is 1.07 bits per heavy atom. The van der Waals surface area contributed by atoms with E-state index in [1.165, 1.54) is 6.07 Å². The Balaban J connectivity index is 1.40. The number of pyridine rings is 2. The molecule has 1 N–H and O–H groups in total. The standard InChI is InChI=1S/C22H23FN4O2S/c23-22-3-1-2-20(26-22)16-12-15-6-9-24-14-19(15)21(13-16)25-17-7-10-27(11-8-17)30(28,29)18-4-5-18/h1-3,6,9,12-14,17-18,25H,4-5,7-8,10-11H2. The van der Waals surface area contributed by atoms with E-state index in [4.69, 9.17) is 0 Å². The van der Waals surface area contributed by atoms with Gasteiger partial charge in [-0.1, -0.05) is 6.07 Å². The third kappa shape index (κ3) is 3.77. The van der Waals surface area contributed by atoms with Gasteiger partial charge in [0, 0.05) is 48.2 Å². The number of piperidine rings is 1. The van der Waals surface area contributed by atoms with E-state index in [-0.39, 0.29) is 11.3 Å². The number of rotatable bonds is 5. The summed E-state index contributed by atoms with van der Waals surface area (Å²) in [5, 5.41) is 5.39. The Labute approximate surface area is 175 Å². The van der Waals surface area contributed by atoms with Crippen LogP contribution in [0.15, 0.2) is 48.8 Å². The molecule has 8 heteroatoms. The molecule has 2 aromatic heterocycles. The van der Waals surface area contributed by atoms with Crippen molar-refractivity contribution in [1.82, 2.24) is 14.3 Å². The van der Waals surface area contributed by atoms with Crippen LogP contribution in [-0.4, -0.2) is 47.1 Å². The fraction of sp³-hybridized carbons (Fsp3) is 0.364. The highest BCUT2D eigenvalue weighted by atomic mass is 32.2. The molecule has 1 aromatic carbocycles. The minimum absolute atomic E-state index is 0.160. The number of hydrogen-bond acceptors (Lipinski definition) is 5. The summed E-state index contributed by atoms with van der Waals surface area (Å²) in [6, 6.07) is 10.8. The number of anilines is 1. The molecule has 156 valence electrons. The second-order valence-electron chi connectivity index (χ2n) is 8.03. The van der Waals surface area contributed by atoms with Crippen LogP contribution in [-0.2, 0) is 10.0 Å². The van der Waals surface area contributed by atoms with Crippen molar-refractivity contribution in [3.8, 4) is 11.3 Å². The van der Waals surface area contributed by atoms with Crippen LogP contribution in [0.2, 0.25) is 0 Å². The zero-order valence-electron chi connectivity index (χ0n) is 16.5. The summed E-state index contributed by atoms with van der Waals surface area (Å²) >= 11 is 0. The molecule has 1 aliphatic heterocycles. The van der Waals surface area contributed by atoms with Gasteiger partial charge in [0.1, 0.15) is 0 Å². The van der Waals surface area contributed by atoms with Gasteiger partial charge in [0.2, 0.25) is 16.0 Å². The highest BCUT2D eigenvalue weighted by Gasteiger charge is 2.41. The monoisotopic (exact) mass is 426 g/mol. The van der Waals surface area contributed by atoms with Gasteiger partial charge in [-0.3, -0.25) is 4.98 Å². The second kappa shape index (κ2) is 7.59. The largest absolute Gasteiger partial charge is 0.382 e. The molecular weight excluding hydrogens is 403 g/mol. The summed E-state index contributed by atoms with van der Waals surface area (Å²) in [6.07, 6.45) is 6.62. The van der Waals surface area contributed by atoms with Gasteiger partial charge in [-0.25, -0.2) is 17.7 Å². The van der Waals surface area contributed by atoms with Crippen LogP contribution in [0.4, 0.5) is 10.1 Å². The van der Waals surface area contributed by atoms with Crippen molar-refractivity contribution in [3.63, 3.8) is 0 Å². The number of aromatic nitrogens is 2. The highest BCUT2D eigenvalue weighted by Crippen LogP contribution is 2.34. The SMILES string of the molecule is O=S(=O)(C1CC1)N1CCC(Nc2cc(-c3cccc(F)n3)cc3ccncc23)CC1. The van der Waals surface area contributed by atoms with Crippen LogP contribution in [0, 0.1) is 5.95 Å². The van der Waals surface area contributed by atoms with Crippen molar-refractivity contribution in [2.75, 3.05) is 18.4 Å². The molecule has 3 aromatic rings. The molecule has 0 radical (unpaired) electrons. The number of hydrogen-bond donors (Lipinski definition) is 1. The summed E-state index contributed by atoms with van der Waals surface area (Å²) < 4.78 is 40.2. The van der Waals surface area contributed by atoms with Crippen LogP contribution in [0.5, 0.6) is 0 Å². The Morgan fingerprint density at radius 2 is 1.87 bits per heavy atom. The zero-order valence-corrected chi connectivity index (χ0v) is 17.3. The lowest BCUT2D eigenvalue weighted by molar-refractivity contribution is 0.329. The van der Waals surface area contributed by atoms with E-state index < -0.39 is 16.0 Å². The van der Waals surface area contributed by atoms with Crippen LogP contribution in [0.1, 0.15) is 25.7 Å². The molecule has 0 spiro atoms. The lowest BCUT2D eigenvalue weighted by atomic mass is 10.0. The summed E-state index contributed by atoms with van der Waals surface area (Å²) in [4.78, 5) is 8.26. The van der Waals surface area contributed by atoms with E-state index in [9.17, 15) is 12.8 Å². The van der Waals surface area contributed by atoms with E-state index >= 15 is 0 Å². The summed E-state index contributed by atoms with van der Waals surface area (Å²) in [7, 11) is -3.11. The lowest BCUT2D eigenvalue weighted by Crippen LogP contribution is -2.43. The maximum atomic E-state index is 13.6. The average molecular weight is 427 g/mol. The molecule has 2 fully saturated rings. The van der Waals surface area contributed by atoms with Crippen molar-refractivity contribution in [1.29, 1.82) is 0 Å². The molecule has 6 nitrogen and oxygen atoms in total. The van der Waals surface area contributed by atoms with Gasteiger partial charge in [0.15, 0.2) is 0 Å². The Morgan fingerprint density at radius 3 is 2.60 bits per heavy atom. The maximum absolute atomic E-state index is 13.6. The fourth-order valence-corrected chi connectivity index (χ4v) is 5.96. The van der Waals surface area contributed by atoms with Gasteiger partial charge < -0.3 is 5.32 Å². The topological polar surface area (TPSA) is 75.2 Å². The molecule has 1 saturated carbocycles. The summed E-state index contributed by atoms with van der Waals surface area (Å²) in [5.74, 6) is -0.513. The minimum Gasteiger partial charge on any atom is -0.382 e. The third-order valence-corrected chi connectivity index (χ3v) is 8.28. The van der Waals surface area contributed by atoms with E-state index in [1.54, 1.807) is 22.6 Å². The van der Waals surface area contributed by atoms with Crippen LogP contribution >= 0.6 is 0 Å². The fourth-order valence-electron chi connectivity index (χ4n) is 4.09. The number of nitrogens with one attached hydrogen (secondary N) is 1. The molecule has 2 aliphatic rings. The van der Waals surface area contributed by atoms with Crippen LogP contribution < -0.4 is 5.32 Å². The number of fused-ring (bicyclic) bond motifs is 1. The van der Waals surface area contributed by atoms with Gasteiger partial charge in [-0.15, -0.1) is 0 Å². The van der Waals surface area contributed by atoms with E-state index in [1.807, 2.05) is 24.4 Å². The molecule has 0 unspecified atom stereocenters. The van der Waals surface area contributed by atoms with Crippen molar-refractivity contribution in [2.45, 2.75) is 37.0 Å². The Hall–Kier alpha value is -2.58. The van der Waals surface area contributed by atoms with Crippen molar-refractivity contribution in [3.05, 3.63) is 54.7 Å². The molecule has 1 aliphatic carbocycles. The average Bonchev–Trinajstić information content (AvgIpc) is 3.60. The normalized spacial score (nSPS) is 18.6. The van der Waals surface area contributed by atoms with E-state index in [0.717, 1.165) is 47.7 Å². The first-order valence-electron chi connectivity index (χ1n) is 10.3. The first-order chi connectivity index (χ1) is 14.5. The second-order valence-corrected chi connectivity index (χ2v) is 10.2. The Kier molecular flexibility index (Phi) is 4.91. The third-order valence-electron chi connectivity index (χ3n) is 5.89. The van der Waals surface area contributed by atoms with Crippen molar-refractivity contribution >= 4 is 26.5 Å². The predicted molar refractivity (Wildman–Crippen MR) is 115 cm³/mol. The number of nitrogens with zero attached hydrogens (tertiary/aromatic N) is 3. The highest BCUT2D eigenvalue weighted by molar-refractivity contribution is 7.90. The van der Waals surface area contributed by atoms with Crippen LogP contribution in [0.3, 0.4) is 0 Å². The number of sulfonamides is 1. The summed E-state index contributed by atoms with van der Waals surface area (Å²) in [5.41, 5.74) is 2.30. The predicted octanol–water partition coefficient (Wildman–Crippen LogP) is 3.80. The molecule has 3 heterocycles. The molecule has 0 atom stereocenters. The van der Waals surface area contributed by atoms with Crippen LogP contribution in [0.25, 0.3) is 22.0 Å². The number of halogens is 1. The maximum Gasteiger partial charge on any atom is 0.216 e. The van der Waals surface area contributed by atoms with Gasteiger partial charge in [0.05, 0.1) is 10.9 Å². The Bertz CT molecular complexity index is 1190. The minimum atomic E-state index is -3.11. The quantitative estimate of drug-likeness (QED) is 0.628. The summed E-state index contributed by atoms with van der Waals surface area (Å²) in [6.45, 7) is 1.08. The van der Waals surface area contributed by atoms with Crippen molar-refractivity contribution in [2.24, 2.45) is 0 Å². The molecular formula is C22H23FN4O2S.